The second-order valence-electron chi connectivity index (χ2n) is 4.57. The lowest BCUT2D eigenvalue weighted by Crippen LogP contribution is -2.27. The van der Waals surface area contributed by atoms with Gasteiger partial charge in [-0.2, -0.15) is 5.26 Å². The van der Waals surface area contributed by atoms with Crippen LogP contribution in [0.15, 0.2) is 22.7 Å². The molecule has 0 aliphatic heterocycles. The molecule has 92 valence electrons. The summed E-state index contributed by atoms with van der Waals surface area (Å²) in [7, 11) is 1.65. The number of hydrogen-bond acceptors (Lipinski definition) is 3. The molecule has 1 aromatic rings. The van der Waals surface area contributed by atoms with Gasteiger partial charge < -0.3 is 10.1 Å². The van der Waals surface area contributed by atoms with Gasteiger partial charge in [-0.15, -0.1) is 0 Å². The highest BCUT2D eigenvalue weighted by atomic mass is 79.9. The van der Waals surface area contributed by atoms with Gasteiger partial charge in [-0.05, 0) is 47.5 Å². The Morgan fingerprint density at radius 1 is 1.47 bits per heavy atom. The fourth-order valence-electron chi connectivity index (χ4n) is 1.38. The summed E-state index contributed by atoms with van der Waals surface area (Å²) >= 11 is 3.45. The van der Waals surface area contributed by atoms with Gasteiger partial charge in [-0.3, -0.25) is 0 Å². The maximum Gasteiger partial charge on any atom is 0.133 e. The molecule has 0 radical (unpaired) electrons. The lowest BCUT2D eigenvalue weighted by molar-refractivity contribution is 0.411. The molecule has 0 aromatic heterocycles. The van der Waals surface area contributed by atoms with Gasteiger partial charge in [0.15, 0.2) is 0 Å². The Balaban J connectivity index is 2.54. The third-order valence-corrected chi connectivity index (χ3v) is 3.03. The summed E-state index contributed by atoms with van der Waals surface area (Å²) in [5.74, 6) is 0.825. The van der Waals surface area contributed by atoms with Crippen LogP contribution in [0.5, 0.6) is 5.75 Å². The molecule has 1 N–H and O–H groups in total. The number of rotatable bonds is 5. The number of halogens is 1. The highest BCUT2D eigenvalue weighted by Gasteiger charge is 2.15. The lowest BCUT2D eigenvalue weighted by Gasteiger charge is -2.16. The molecule has 1 aromatic carbocycles. The van der Waals surface area contributed by atoms with Crippen LogP contribution in [0.25, 0.3) is 0 Å². The van der Waals surface area contributed by atoms with Crippen molar-refractivity contribution in [2.75, 3.05) is 13.7 Å². The fourth-order valence-corrected chi connectivity index (χ4v) is 1.97. The van der Waals surface area contributed by atoms with Crippen molar-refractivity contribution in [2.24, 2.45) is 5.41 Å². The van der Waals surface area contributed by atoms with Gasteiger partial charge in [-0.1, -0.05) is 6.07 Å². The number of methoxy groups -OCH3 is 1. The summed E-state index contributed by atoms with van der Waals surface area (Å²) in [5.41, 5.74) is 0.829. The number of nitrogens with zero attached hydrogens (tertiary/aromatic N) is 1. The molecule has 0 unspecified atom stereocenters. The molecule has 0 spiro atoms. The van der Waals surface area contributed by atoms with Crippen LogP contribution >= 0.6 is 15.9 Å². The average Bonchev–Trinajstić information content (AvgIpc) is 2.29. The maximum atomic E-state index is 8.89. The van der Waals surface area contributed by atoms with E-state index < -0.39 is 0 Å². The standard InChI is InChI=1S/C13H17BrN2O/c1-13(2,8-15)9-16-7-10-4-5-12(17-3)11(14)6-10/h4-6,16H,7,9H2,1-3H3. The molecule has 0 aliphatic carbocycles. The van der Waals surface area contributed by atoms with Crippen molar-refractivity contribution < 1.29 is 4.74 Å². The Hall–Kier alpha value is -1.05. The summed E-state index contributed by atoms with van der Waals surface area (Å²) in [5, 5.41) is 12.2. The lowest BCUT2D eigenvalue weighted by atomic mass is 9.96. The van der Waals surface area contributed by atoms with Crippen LogP contribution in [-0.4, -0.2) is 13.7 Å². The van der Waals surface area contributed by atoms with Gasteiger partial charge >= 0.3 is 0 Å². The zero-order valence-electron chi connectivity index (χ0n) is 10.4. The number of hydrogen-bond donors (Lipinski definition) is 1. The highest BCUT2D eigenvalue weighted by Crippen LogP contribution is 2.25. The van der Waals surface area contributed by atoms with Gasteiger partial charge in [0.2, 0.25) is 0 Å². The molecule has 4 heteroatoms. The Kier molecular flexibility index (Phi) is 4.98. The van der Waals surface area contributed by atoms with E-state index in [0.29, 0.717) is 6.54 Å². The van der Waals surface area contributed by atoms with Gasteiger partial charge in [0, 0.05) is 13.1 Å². The first kappa shape index (κ1) is 14.0. The summed E-state index contributed by atoms with van der Waals surface area (Å²) in [4.78, 5) is 0. The number of benzene rings is 1. The Labute approximate surface area is 111 Å². The molecule has 3 nitrogen and oxygen atoms in total. The van der Waals surface area contributed by atoms with E-state index in [-0.39, 0.29) is 5.41 Å². The second-order valence-corrected chi connectivity index (χ2v) is 5.42. The first-order valence-corrected chi connectivity index (χ1v) is 6.22. The van der Waals surface area contributed by atoms with E-state index in [1.165, 1.54) is 0 Å². The predicted molar refractivity (Wildman–Crippen MR) is 71.8 cm³/mol. The number of ether oxygens (including phenoxy) is 1. The van der Waals surface area contributed by atoms with E-state index in [9.17, 15) is 0 Å². The molecule has 17 heavy (non-hydrogen) atoms. The normalized spacial score (nSPS) is 11.0. The van der Waals surface area contributed by atoms with Gasteiger partial charge in [0.25, 0.3) is 0 Å². The quantitative estimate of drug-likeness (QED) is 0.908. The molecule has 0 saturated heterocycles. The van der Waals surface area contributed by atoms with Gasteiger partial charge in [0.05, 0.1) is 23.1 Å². The van der Waals surface area contributed by atoms with E-state index in [4.69, 9.17) is 10.00 Å². The Morgan fingerprint density at radius 2 is 2.18 bits per heavy atom. The monoisotopic (exact) mass is 296 g/mol. The third-order valence-electron chi connectivity index (χ3n) is 2.41. The van der Waals surface area contributed by atoms with Crippen LogP contribution < -0.4 is 10.1 Å². The molecule has 0 bridgehead atoms. The fraction of sp³-hybridized carbons (Fsp3) is 0.462. The van der Waals surface area contributed by atoms with Crippen LogP contribution in [0.3, 0.4) is 0 Å². The van der Waals surface area contributed by atoms with E-state index in [2.05, 4.69) is 27.3 Å². The van der Waals surface area contributed by atoms with E-state index >= 15 is 0 Å². The first-order valence-electron chi connectivity index (χ1n) is 5.43. The average molecular weight is 297 g/mol. The molecule has 1 rings (SSSR count). The molecule has 0 aliphatic rings. The van der Waals surface area contributed by atoms with Crippen LogP contribution in [0.2, 0.25) is 0 Å². The molecular weight excluding hydrogens is 280 g/mol. The van der Waals surface area contributed by atoms with Crippen LogP contribution in [0.1, 0.15) is 19.4 Å². The summed E-state index contributed by atoms with van der Waals surface area (Å²) in [6.45, 7) is 5.26. The van der Waals surface area contributed by atoms with Crippen LogP contribution in [0.4, 0.5) is 0 Å². The third kappa shape index (κ3) is 4.37. The van der Waals surface area contributed by atoms with Crippen LogP contribution in [-0.2, 0) is 6.54 Å². The van der Waals surface area contributed by atoms with Crippen molar-refractivity contribution >= 4 is 15.9 Å². The minimum absolute atomic E-state index is 0.330. The molecule has 0 heterocycles. The Bertz CT molecular complexity index is 424. The zero-order chi connectivity index (χ0) is 12.9. The largest absolute Gasteiger partial charge is 0.496 e. The summed E-state index contributed by atoms with van der Waals surface area (Å²) in [6.07, 6.45) is 0. The van der Waals surface area contributed by atoms with Crippen molar-refractivity contribution in [3.8, 4) is 11.8 Å². The minimum atomic E-state index is -0.330. The minimum Gasteiger partial charge on any atom is -0.496 e. The molecule has 0 fully saturated rings. The zero-order valence-corrected chi connectivity index (χ0v) is 12.0. The Morgan fingerprint density at radius 3 is 2.71 bits per heavy atom. The van der Waals surface area contributed by atoms with Crippen LogP contribution in [0, 0.1) is 16.7 Å². The molecule has 0 saturated carbocycles. The first-order chi connectivity index (χ1) is 7.98. The SMILES string of the molecule is COc1ccc(CNCC(C)(C)C#N)cc1Br. The van der Waals surface area contributed by atoms with Crippen molar-refractivity contribution in [1.29, 1.82) is 5.26 Å². The van der Waals surface area contributed by atoms with Crippen molar-refractivity contribution in [1.82, 2.24) is 5.32 Å². The summed E-state index contributed by atoms with van der Waals surface area (Å²) in [6, 6.07) is 8.22. The van der Waals surface area contributed by atoms with Gasteiger partial charge in [0.1, 0.15) is 5.75 Å². The molecule has 0 amide bonds. The second kappa shape index (κ2) is 6.04. The van der Waals surface area contributed by atoms with Gasteiger partial charge in [-0.25, -0.2) is 0 Å². The van der Waals surface area contributed by atoms with Crippen molar-refractivity contribution in [3.63, 3.8) is 0 Å². The highest BCUT2D eigenvalue weighted by molar-refractivity contribution is 9.10. The van der Waals surface area contributed by atoms with Crippen molar-refractivity contribution in [2.45, 2.75) is 20.4 Å². The van der Waals surface area contributed by atoms with E-state index in [1.54, 1.807) is 7.11 Å². The summed E-state index contributed by atoms with van der Waals surface area (Å²) < 4.78 is 6.11. The molecule has 0 atom stereocenters. The van der Waals surface area contributed by atoms with E-state index in [1.807, 2.05) is 32.0 Å². The number of nitrogens with one attached hydrogen (secondary N) is 1. The smallest absolute Gasteiger partial charge is 0.133 e. The molecular formula is C13H17BrN2O. The van der Waals surface area contributed by atoms with E-state index in [0.717, 1.165) is 22.3 Å². The maximum absolute atomic E-state index is 8.89. The predicted octanol–water partition coefficient (Wildman–Crippen LogP) is 3.10. The van der Waals surface area contributed by atoms with Crippen molar-refractivity contribution in [3.05, 3.63) is 28.2 Å². The number of nitriles is 1. The topological polar surface area (TPSA) is 45.0 Å².